The normalized spacial score (nSPS) is 8.93. The number of benzene rings is 1. The van der Waals surface area contributed by atoms with Crippen molar-refractivity contribution >= 4 is 11.4 Å². The van der Waals surface area contributed by atoms with Gasteiger partial charge in [0.1, 0.15) is 5.75 Å². The number of nitro benzene ring substituents is 1. The van der Waals surface area contributed by atoms with E-state index in [0.29, 0.717) is 0 Å². The molecule has 0 heterocycles. The number of azide groups is 1. The number of hydrogen-bond acceptors (Lipinski definition) is 4. The molecule has 0 radical (unpaired) electrons. The van der Waals surface area contributed by atoms with Gasteiger partial charge in [-0.15, -0.1) is 0 Å². The van der Waals surface area contributed by atoms with Gasteiger partial charge in [-0.3, -0.25) is 10.1 Å². The maximum atomic E-state index is 10.4. The molecule has 1 aromatic carbocycles. The zero-order chi connectivity index (χ0) is 10.6. The van der Waals surface area contributed by atoms with E-state index in [1.165, 1.54) is 25.3 Å². The quantitative estimate of drug-likeness (QED) is 0.243. The van der Waals surface area contributed by atoms with Gasteiger partial charge < -0.3 is 4.74 Å². The molecule has 72 valence electrons. The molecule has 14 heavy (non-hydrogen) atoms. The summed E-state index contributed by atoms with van der Waals surface area (Å²) in [5.74, 6) is 0.178. The average Bonchev–Trinajstić information content (AvgIpc) is 2.18. The summed E-state index contributed by atoms with van der Waals surface area (Å²) in [6.07, 6.45) is 0. The molecule has 0 bridgehead atoms. The van der Waals surface area contributed by atoms with Crippen LogP contribution >= 0.6 is 0 Å². The van der Waals surface area contributed by atoms with E-state index in [-0.39, 0.29) is 17.1 Å². The van der Waals surface area contributed by atoms with Crippen molar-refractivity contribution in [2.24, 2.45) is 5.11 Å². The first kappa shape index (κ1) is 9.82. The Morgan fingerprint density at radius 2 is 2.36 bits per heavy atom. The van der Waals surface area contributed by atoms with Crippen molar-refractivity contribution in [1.29, 1.82) is 0 Å². The molecule has 1 rings (SSSR count). The van der Waals surface area contributed by atoms with Gasteiger partial charge >= 0.3 is 0 Å². The molecule has 0 saturated carbocycles. The fourth-order valence-corrected chi connectivity index (χ4v) is 0.911. The minimum Gasteiger partial charge on any atom is -0.496 e. The van der Waals surface area contributed by atoms with E-state index in [2.05, 4.69) is 10.0 Å². The molecule has 0 amide bonds. The maximum absolute atomic E-state index is 10.4. The summed E-state index contributed by atoms with van der Waals surface area (Å²) in [7, 11) is 1.34. The van der Waals surface area contributed by atoms with Crippen LogP contribution in [0.4, 0.5) is 11.4 Å². The average molecular weight is 194 g/mol. The van der Waals surface area contributed by atoms with Gasteiger partial charge in [0.05, 0.1) is 23.8 Å². The molecule has 1 aromatic rings. The summed E-state index contributed by atoms with van der Waals surface area (Å²) in [6, 6.07) is 3.77. The van der Waals surface area contributed by atoms with Gasteiger partial charge in [-0.05, 0) is 11.6 Å². The molecule has 0 fully saturated rings. The minimum atomic E-state index is -0.553. The van der Waals surface area contributed by atoms with E-state index in [0.717, 1.165) is 0 Å². The van der Waals surface area contributed by atoms with Crippen molar-refractivity contribution in [1.82, 2.24) is 0 Å². The molecule has 0 aliphatic carbocycles. The Labute approximate surface area is 78.7 Å². The maximum Gasteiger partial charge on any atom is 0.273 e. The van der Waals surface area contributed by atoms with Gasteiger partial charge in [-0.1, -0.05) is 5.11 Å². The molecule has 0 aliphatic heterocycles. The highest BCUT2D eigenvalue weighted by molar-refractivity contribution is 5.56. The number of nitro groups is 1. The van der Waals surface area contributed by atoms with E-state index < -0.39 is 4.92 Å². The zero-order valence-corrected chi connectivity index (χ0v) is 7.25. The Kier molecular flexibility index (Phi) is 2.88. The second kappa shape index (κ2) is 4.11. The van der Waals surface area contributed by atoms with Crippen LogP contribution in [0.15, 0.2) is 23.3 Å². The predicted molar refractivity (Wildman–Crippen MR) is 48.5 cm³/mol. The van der Waals surface area contributed by atoms with Gasteiger partial charge in [0.15, 0.2) is 0 Å². The van der Waals surface area contributed by atoms with Crippen LogP contribution in [0, 0.1) is 10.1 Å². The van der Waals surface area contributed by atoms with Crippen LogP contribution in [0.1, 0.15) is 0 Å². The summed E-state index contributed by atoms with van der Waals surface area (Å²) < 4.78 is 4.82. The lowest BCUT2D eigenvalue weighted by molar-refractivity contribution is -0.384. The molecule has 0 atom stereocenters. The molecular weight excluding hydrogens is 188 g/mol. The topological polar surface area (TPSA) is 101 Å². The third kappa shape index (κ3) is 1.90. The Morgan fingerprint density at radius 3 is 2.86 bits per heavy atom. The number of hydrogen-bond donors (Lipinski definition) is 0. The highest BCUT2D eigenvalue weighted by Gasteiger charge is 2.09. The minimum absolute atomic E-state index is 0.112. The van der Waals surface area contributed by atoms with E-state index >= 15 is 0 Å². The monoisotopic (exact) mass is 194 g/mol. The van der Waals surface area contributed by atoms with E-state index in [1.807, 2.05) is 0 Å². The van der Waals surface area contributed by atoms with E-state index in [4.69, 9.17) is 10.3 Å². The summed E-state index contributed by atoms with van der Waals surface area (Å²) in [5.41, 5.74) is 8.30. The smallest absolute Gasteiger partial charge is 0.273 e. The third-order valence-electron chi connectivity index (χ3n) is 1.53. The van der Waals surface area contributed by atoms with Crippen LogP contribution in [0.5, 0.6) is 5.75 Å². The van der Waals surface area contributed by atoms with Crippen LogP contribution in [-0.4, -0.2) is 12.0 Å². The second-order valence-electron chi connectivity index (χ2n) is 2.30. The van der Waals surface area contributed by atoms with E-state index in [1.54, 1.807) is 0 Å². The second-order valence-corrected chi connectivity index (χ2v) is 2.30. The summed E-state index contributed by atoms with van der Waals surface area (Å²) in [6.45, 7) is 0. The highest BCUT2D eigenvalue weighted by atomic mass is 16.6. The molecule has 0 N–H and O–H groups in total. The Bertz CT molecular complexity index is 411. The van der Waals surface area contributed by atoms with Gasteiger partial charge in [-0.2, -0.15) is 0 Å². The van der Waals surface area contributed by atoms with Crippen LogP contribution in [0.25, 0.3) is 10.4 Å². The van der Waals surface area contributed by atoms with Crippen molar-refractivity contribution in [3.05, 3.63) is 38.8 Å². The lowest BCUT2D eigenvalue weighted by atomic mass is 10.2. The van der Waals surface area contributed by atoms with Crippen LogP contribution in [0.2, 0.25) is 0 Å². The zero-order valence-electron chi connectivity index (χ0n) is 7.25. The predicted octanol–water partition coefficient (Wildman–Crippen LogP) is 2.55. The van der Waals surface area contributed by atoms with Gasteiger partial charge in [0, 0.05) is 11.0 Å². The largest absolute Gasteiger partial charge is 0.496 e. The Hall–Kier alpha value is -2.27. The number of rotatable bonds is 3. The molecular formula is C7H6N4O3. The third-order valence-corrected chi connectivity index (χ3v) is 1.53. The first-order valence-electron chi connectivity index (χ1n) is 3.56. The summed E-state index contributed by atoms with van der Waals surface area (Å²) in [5, 5.41) is 13.7. The van der Waals surface area contributed by atoms with Gasteiger partial charge in [0.2, 0.25) is 0 Å². The molecule has 0 unspecified atom stereocenters. The van der Waals surface area contributed by atoms with Crippen molar-refractivity contribution in [3.63, 3.8) is 0 Å². The Balaban J connectivity index is 3.24. The molecule has 0 saturated heterocycles. The summed E-state index contributed by atoms with van der Waals surface area (Å²) >= 11 is 0. The van der Waals surface area contributed by atoms with Crippen LogP contribution < -0.4 is 4.74 Å². The number of methoxy groups -OCH3 is 1. The number of nitrogens with zero attached hydrogens (tertiary/aromatic N) is 4. The number of ether oxygens (including phenoxy) is 1. The first-order chi connectivity index (χ1) is 6.69. The van der Waals surface area contributed by atoms with Gasteiger partial charge in [-0.25, -0.2) is 0 Å². The van der Waals surface area contributed by atoms with Crippen LogP contribution in [0.3, 0.4) is 0 Å². The Morgan fingerprint density at radius 1 is 1.64 bits per heavy atom. The van der Waals surface area contributed by atoms with Crippen LogP contribution in [-0.2, 0) is 0 Å². The lowest BCUT2D eigenvalue weighted by Crippen LogP contribution is -1.89. The molecule has 0 aromatic heterocycles. The summed E-state index contributed by atoms with van der Waals surface area (Å²) in [4.78, 5) is 12.4. The fraction of sp³-hybridized carbons (Fsp3) is 0.143. The van der Waals surface area contributed by atoms with Crippen molar-refractivity contribution in [2.45, 2.75) is 0 Å². The highest BCUT2D eigenvalue weighted by Crippen LogP contribution is 2.31. The van der Waals surface area contributed by atoms with Crippen molar-refractivity contribution in [2.75, 3.05) is 7.11 Å². The SMILES string of the molecule is COc1cc([N+](=O)[O-])ccc1N=[N+]=[N-]. The molecule has 7 nitrogen and oxygen atoms in total. The molecule has 7 heteroatoms. The molecule has 0 spiro atoms. The van der Waals surface area contributed by atoms with Gasteiger partial charge in [0.25, 0.3) is 5.69 Å². The van der Waals surface area contributed by atoms with E-state index in [9.17, 15) is 10.1 Å². The number of non-ortho nitro benzene ring substituents is 1. The fourth-order valence-electron chi connectivity index (χ4n) is 0.911. The van der Waals surface area contributed by atoms with Crippen molar-refractivity contribution < 1.29 is 9.66 Å². The standard InChI is InChI=1S/C7H6N4O3/c1-14-7-4-5(11(12)13)2-3-6(7)9-10-8/h2-4H,1H3. The first-order valence-corrected chi connectivity index (χ1v) is 3.56. The lowest BCUT2D eigenvalue weighted by Gasteiger charge is -2.02. The van der Waals surface area contributed by atoms with Crippen molar-refractivity contribution in [3.8, 4) is 5.75 Å². The molecule has 0 aliphatic rings.